The van der Waals surface area contributed by atoms with Crippen LogP contribution in [0.15, 0.2) is 16.9 Å². The van der Waals surface area contributed by atoms with Gasteiger partial charge in [-0.05, 0) is 13.8 Å². The van der Waals surface area contributed by atoms with Gasteiger partial charge in [0.25, 0.3) is 5.89 Å². The average Bonchev–Trinajstić information content (AvgIpc) is 2.34. The number of hydrogen-bond donors (Lipinski definition) is 1. The van der Waals surface area contributed by atoms with Gasteiger partial charge >= 0.3 is 0 Å². The first kappa shape index (κ1) is 7.94. The minimum Gasteiger partial charge on any atom is -0.442 e. The largest absolute Gasteiger partial charge is 0.442 e. The molecule has 0 bridgehead atoms. The molecule has 0 spiro atoms. The number of nitrogens with two attached hydrogens (primary N) is 1. The number of carbonyl (C=O) groups is 1. The molecule has 0 aromatic carbocycles. The molecule has 11 heavy (non-hydrogen) atoms. The van der Waals surface area contributed by atoms with Crippen LogP contribution in [0.3, 0.4) is 0 Å². The van der Waals surface area contributed by atoms with Crippen LogP contribution in [0.25, 0.3) is 0 Å². The molecule has 1 heterocycles. The van der Waals surface area contributed by atoms with E-state index < -0.39 is 5.54 Å². The molecule has 4 heteroatoms. The van der Waals surface area contributed by atoms with E-state index in [1.165, 1.54) is 12.5 Å². The highest BCUT2D eigenvalue weighted by molar-refractivity contribution is 5.98. The van der Waals surface area contributed by atoms with E-state index in [1.54, 1.807) is 13.8 Å². The first-order chi connectivity index (χ1) is 5.02. The minimum absolute atomic E-state index is 0.0671. The molecule has 0 aliphatic rings. The van der Waals surface area contributed by atoms with E-state index in [2.05, 4.69) is 4.98 Å². The van der Waals surface area contributed by atoms with E-state index >= 15 is 0 Å². The SMILES string of the molecule is CC(C)(N)C(=O)c1ncco1. The molecular formula is C7H10N2O2. The monoisotopic (exact) mass is 154 g/mol. The summed E-state index contributed by atoms with van der Waals surface area (Å²) in [6.07, 6.45) is 2.76. The summed E-state index contributed by atoms with van der Waals surface area (Å²) in [5.41, 5.74) is 4.61. The fourth-order valence-corrected chi connectivity index (χ4v) is 0.611. The van der Waals surface area contributed by atoms with Crippen LogP contribution in [0.4, 0.5) is 0 Å². The molecule has 0 unspecified atom stereocenters. The lowest BCUT2D eigenvalue weighted by Gasteiger charge is -2.12. The number of rotatable bonds is 2. The van der Waals surface area contributed by atoms with Crippen molar-refractivity contribution in [3.05, 3.63) is 18.4 Å². The summed E-state index contributed by atoms with van der Waals surface area (Å²) in [5, 5.41) is 0. The van der Waals surface area contributed by atoms with E-state index in [0.717, 1.165) is 0 Å². The zero-order valence-corrected chi connectivity index (χ0v) is 6.50. The van der Waals surface area contributed by atoms with Gasteiger partial charge in [0.05, 0.1) is 11.7 Å². The highest BCUT2D eigenvalue weighted by atomic mass is 16.3. The van der Waals surface area contributed by atoms with Gasteiger partial charge in [0, 0.05) is 0 Å². The molecule has 1 rings (SSSR count). The Morgan fingerprint density at radius 3 is 2.73 bits per heavy atom. The zero-order valence-electron chi connectivity index (χ0n) is 6.50. The van der Waals surface area contributed by atoms with E-state index in [0.29, 0.717) is 0 Å². The highest BCUT2D eigenvalue weighted by Crippen LogP contribution is 2.07. The van der Waals surface area contributed by atoms with Crippen LogP contribution < -0.4 is 5.73 Å². The number of ketones is 1. The van der Waals surface area contributed by atoms with Crippen molar-refractivity contribution in [2.75, 3.05) is 0 Å². The Labute approximate surface area is 64.4 Å². The van der Waals surface area contributed by atoms with Gasteiger partial charge in [-0.1, -0.05) is 0 Å². The predicted molar refractivity (Wildman–Crippen MR) is 39.1 cm³/mol. The van der Waals surface area contributed by atoms with Crippen molar-refractivity contribution in [1.82, 2.24) is 4.98 Å². The second-order valence-electron chi connectivity index (χ2n) is 2.89. The molecule has 2 N–H and O–H groups in total. The van der Waals surface area contributed by atoms with E-state index in [9.17, 15) is 4.79 Å². The van der Waals surface area contributed by atoms with Crippen molar-refractivity contribution in [3.63, 3.8) is 0 Å². The fourth-order valence-electron chi connectivity index (χ4n) is 0.611. The van der Waals surface area contributed by atoms with Crippen molar-refractivity contribution in [1.29, 1.82) is 0 Å². The summed E-state index contributed by atoms with van der Waals surface area (Å²) in [7, 11) is 0. The molecule has 0 atom stereocenters. The first-order valence-corrected chi connectivity index (χ1v) is 3.25. The Bertz CT molecular complexity index is 246. The smallest absolute Gasteiger partial charge is 0.265 e. The molecule has 4 nitrogen and oxygen atoms in total. The second-order valence-corrected chi connectivity index (χ2v) is 2.89. The lowest BCUT2D eigenvalue weighted by Crippen LogP contribution is -2.41. The molecule has 60 valence electrons. The molecule has 0 amide bonds. The number of oxazole rings is 1. The third kappa shape index (κ3) is 1.65. The van der Waals surface area contributed by atoms with Gasteiger partial charge in [0.15, 0.2) is 0 Å². The molecule has 1 aromatic rings. The number of Topliss-reactive ketones (excluding diaryl/α,β-unsaturated/α-hetero) is 1. The van der Waals surface area contributed by atoms with Crippen LogP contribution in [0.2, 0.25) is 0 Å². The molecule has 1 aromatic heterocycles. The van der Waals surface area contributed by atoms with E-state index in [1.807, 2.05) is 0 Å². The van der Waals surface area contributed by atoms with Crippen LogP contribution >= 0.6 is 0 Å². The lowest BCUT2D eigenvalue weighted by molar-refractivity contribution is 0.0878. The maximum Gasteiger partial charge on any atom is 0.265 e. The van der Waals surface area contributed by atoms with Crippen molar-refractivity contribution < 1.29 is 9.21 Å². The van der Waals surface area contributed by atoms with Gasteiger partial charge in [0.1, 0.15) is 6.26 Å². The summed E-state index contributed by atoms with van der Waals surface area (Å²) < 4.78 is 4.78. The topological polar surface area (TPSA) is 69.1 Å². The molecular weight excluding hydrogens is 144 g/mol. The van der Waals surface area contributed by atoms with Crippen LogP contribution in [-0.4, -0.2) is 16.3 Å². The van der Waals surface area contributed by atoms with Crippen molar-refractivity contribution >= 4 is 5.78 Å². The molecule has 0 radical (unpaired) electrons. The quantitative estimate of drug-likeness (QED) is 0.633. The van der Waals surface area contributed by atoms with Crippen molar-refractivity contribution in [3.8, 4) is 0 Å². The Kier molecular flexibility index (Phi) is 1.78. The lowest BCUT2D eigenvalue weighted by atomic mass is 10.0. The number of aromatic nitrogens is 1. The van der Waals surface area contributed by atoms with Crippen LogP contribution in [0.5, 0.6) is 0 Å². The normalized spacial score (nSPS) is 11.5. The number of hydrogen-bond acceptors (Lipinski definition) is 4. The maximum absolute atomic E-state index is 11.2. The minimum atomic E-state index is -0.912. The van der Waals surface area contributed by atoms with Gasteiger partial charge in [-0.3, -0.25) is 4.79 Å². The van der Waals surface area contributed by atoms with Gasteiger partial charge in [0.2, 0.25) is 5.78 Å². The van der Waals surface area contributed by atoms with Crippen molar-refractivity contribution in [2.24, 2.45) is 5.73 Å². The van der Waals surface area contributed by atoms with Gasteiger partial charge in [-0.15, -0.1) is 0 Å². The maximum atomic E-state index is 11.2. The Morgan fingerprint density at radius 2 is 2.36 bits per heavy atom. The molecule has 0 saturated heterocycles. The summed E-state index contributed by atoms with van der Waals surface area (Å²) >= 11 is 0. The van der Waals surface area contributed by atoms with Crippen molar-refractivity contribution in [2.45, 2.75) is 19.4 Å². The standard InChI is InChI=1S/C7H10N2O2/c1-7(2,8)5(10)6-9-3-4-11-6/h3-4H,8H2,1-2H3. The van der Waals surface area contributed by atoms with E-state index in [4.69, 9.17) is 10.2 Å². The van der Waals surface area contributed by atoms with Crippen LogP contribution in [-0.2, 0) is 0 Å². The fraction of sp³-hybridized carbons (Fsp3) is 0.429. The molecule has 0 aliphatic heterocycles. The zero-order chi connectivity index (χ0) is 8.48. The molecule has 0 fully saturated rings. The average molecular weight is 154 g/mol. The van der Waals surface area contributed by atoms with Gasteiger partial charge in [-0.2, -0.15) is 0 Å². The highest BCUT2D eigenvalue weighted by Gasteiger charge is 2.26. The number of nitrogens with zero attached hydrogens (tertiary/aromatic N) is 1. The third-order valence-electron chi connectivity index (χ3n) is 1.21. The number of carbonyl (C=O) groups excluding carboxylic acids is 1. The molecule has 0 saturated carbocycles. The summed E-state index contributed by atoms with van der Waals surface area (Å²) in [6.45, 7) is 3.22. The summed E-state index contributed by atoms with van der Waals surface area (Å²) in [4.78, 5) is 14.9. The van der Waals surface area contributed by atoms with E-state index in [-0.39, 0.29) is 11.7 Å². The summed E-state index contributed by atoms with van der Waals surface area (Å²) in [5.74, 6) is -0.222. The Balaban J connectivity index is 2.88. The molecule has 0 aliphatic carbocycles. The Morgan fingerprint density at radius 1 is 1.73 bits per heavy atom. The van der Waals surface area contributed by atoms with Crippen LogP contribution in [0, 0.1) is 0 Å². The van der Waals surface area contributed by atoms with Gasteiger partial charge in [-0.25, -0.2) is 4.98 Å². The second kappa shape index (κ2) is 2.47. The Hall–Kier alpha value is -1.16. The van der Waals surface area contributed by atoms with Crippen LogP contribution in [0.1, 0.15) is 24.5 Å². The first-order valence-electron chi connectivity index (χ1n) is 3.25. The van der Waals surface area contributed by atoms with Gasteiger partial charge < -0.3 is 10.2 Å². The summed E-state index contributed by atoms with van der Waals surface area (Å²) in [6, 6.07) is 0. The predicted octanol–water partition coefficient (Wildman–Crippen LogP) is 0.595. The third-order valence-corrected chi connectivity index (χ3v) is 1.21.